The third-order valence-corrected chi connectivity index (χ3v) is 3.88. The van der Waals surface area contributed by atoms with Crippen molar-refractivity contribution in [1.29, 1.82) is 0 Å². The number of nitrogens with one attached hydrogen (secondary N) is 1. The van der Waals surface area contributed by atoms with Crippen LogP contribution in [0.2, 0.25) is 0 Å². The summed E-state index contributed by atoms with van der Waals surface area (Å²) >= 11 is 0.686. The SMILES string of the molecule is NCCCCCNCCSP(=O)(O)O.O. The van der Waals surface area contributed by atoms with Gasteiger partial charge in [0.15, 0.2) is 0 Å². The van der Waals surface area contributed by atoms with E-state index < -0.39 is 6.80 Å². The highest BCUT2D eigenvalue weighted by molar-refractivity contribution is 8.54. The van der Waals surface area contributed by atoms with Gasteiger partial charge < -0.3 is 26.3 Å². The molecule has 94 valence electrons. The Bertz CT molecular complexity index is 178. The quantitative estimate of drug-likeness (QED) is 0.333. The van der Waals surface area contributed by atoms with E-state index in [0.717, 1.165) is 32.4 Å². The molecule has 0 fully saturated rings. The van der Waals surface area contributed by atoms with Crippen molar-refractivity contribution < 1.29 is 19.8 Å². The lowest BCUT2D eigenvalue weighted by atomic mass is 10.2. The van der Waals surface area contributed by atoms with Crippen LogP contribution in [-0.2, 0) is 4.57 Å². The molecular weight excluding hydrogens is 239 g/mol. The lowest BCUT2D eigenvalue weighted by Crippen LogP contribution is -2.18. The second kappa shape index (κ2) is 10.9. The van der Waals surface area contributed by atoms with Gasteiger partial charge in [-0.1, -0.05) is 6.42 Å². The fourth-order valence-electron chi connectivity index (χ4n) is 0.933. The minimum atomic E-state index is -3.87. The van der Waals surface area contributed by atoms with Crippen molar-refractivity contribution in [2.75, 3.05) is 25.4 Å². The van der Waals surface area contributed by atoms with Crippen LogP contribution in [0.4, 0.5) is 0 Å². The van der Waals surface area contributed by atoms with Gasteiger partial charge in [0.05, 0.1) is 0 Å². The fourth-order valence-corrected chi connectivity index (χ4v) is 2.39. The molecule has 0 aromatic carbocycles. The summed E-state index contributed by atoms with van der Waals surface area (Å²) in [5.41, 5.74) is 5.33. The van der Waals surface area contributed by atoms with Gasteiger partial charge in [0.25, 0.3) is 0 Å². The lowest BCUT2D eigenvalue weighted by molar-refractivity contribution is 0.397. The highest BCUT2D eigenvalue weighted by Crippen LogP contribution is 2.49. The number of unbranched alkanes of at least 4 members (excludes halogenated alkanes) is 2. The van der Waals surface area contributed by atoms with E-state index in [1.807, 2.05) is 0 Å². The van der Waals surface area contributed by atoms with Crippen LogP contribution in [0.15, 0.2) is 0 Å². The standard InChI is InChI=1S/C7H19N2O3PS.H2O/c8-4-2-1-3-5-9-6-7-14-13(10,11)12;/h9H,1-8H2,(H2,10,11,12);1H2. The van der Waals surface area contributed by atoms with Crippen LogP contribution in [0.5, 0.6) is 0 Å². The van der Waals surface area contributed by atoms with Crippen molar-refractivity contribution in [3.8, 4) is 0 Å². The molecule has 0 bridgehead atoms. The van der Waals surface area contributed by atoms with Crippen molar-refractivity contribution in [3.05, 3.63) is 0 Å². The first-order chi connectivity index (χ1) is 6.56. The minimum Gasteiger partial charge on any atom is -0.412 e. The maximum Gasteiger partial charge on any atom is 0.384 e. The second-order valence-corrected chi connectivity index (χ2v) is 6.77. The Balaban J connectivity index is 0. The monoisotopic (exact) mass is 260 g/mol. The Kier molecular flexibility index (Phi) is 12.9. The third-order valence-electron chi connectivity index (χ3n) is 1.60. The van der Waals surface area contributed by atoms with Gasteiger partial charge in [-0.3, -0.25) is 0 Å². The molecule has 0 amide bonds. The van der Waals surface area contributed by atoms with Crippen LogP contribution >= 0.6 is 18.2 Å². The highest BCUT2D eigenvalue weighted by Gasteiger charge is 2.11. The van der Waals surface area contributed by atoms with Gasteiger partial charge in [0.2, 0.25) is 0 Å². The van der Waals surface area contributed by atoms with Crippen LogP contribution in [0.1, 0.15) is 19.3 Å². The van der Waals surface area contributed by atoms with Crippen molar-refractivity contribution in [2.24, 2.45) is 5.73 Å². The molecule has 0 aliphatic carbocycles. The maximum atomic E-state index is 10.4. The van der Waals surface area contributed by atoms with E-state index in [9.17, 15) is 4.57 Å². The van der Waals surface area contributed by atoms with E-state index in [2.05, 4.69) is 5.32 Å². The Morgan fingerprint density at radius 2 is 1.87 bits per heavy atom. The van der Waals surface area contributed by atoms with Gasteiger partial charge in [0, 0.05) is 12.3 Å². The summed E-state index contributed by atoms with van der Waals surface area (Å²) < 4.78 is 10.4. The smallest absolute Gasteiger partial charge is 0.384 e. The second-order valence-electron chi connectivity index (χ2n) is 2.92. The number of nitrogens with two attached hydrogens (primary N) is 1. The molecule has 0 saturated heterocycles. The minimum absolute atomic E-state index is 0. The average molecular weight is 260 g/mol. The van der Waals surface area contributed by atoms with Gasteiger partial charge in [-0.2, -0.15) is 0 Å². The van der Waals surface area contributed by atoms with E-state index in [1.54, 1.807) is 0 Å². The van der Waals surface area contributed by atoms with E-state index in [-0.39, 0.29) is 5.48 Å². The molecule has 0 heterocycles. The summed E-state index contributed by atoms with van der Waals surface area (Å²) in [4.78, 5) is 17.0. The Morgan fingerprint density at radius 1 is 1.20 bits per heavy atom. The Labute approximate surface area is 94.2 Å². The van der Waals surface area contributed by atoms with E-state index in [1.165, 1.54) is 0 Å². The molecule has 7 N–H and O–H groups in total. The molecule has 0 aliphatic rings. The van der Waals surface area contributed by atoms with Crippen molar-refractivity contribution in [3.63, 3.8) is 0 Å². The van der Waals surface area contributed by atoms with Crippen LogP contribution in [0.25, 0.3) is 0 Å². The van der Waals surface area contributed by atoms with Crippen LogP contribution in [0, 0.1) is 0 Å². The van der Waals surface area contributed by atoms with Crippen LogP contribution in [0.3, 0.4) is 0 Å². The maximum absolute atomic E-state index is 10.4. The Hall–Kier alpha value is 0.380. The molecular formula is C7H21N2O4PS. The summed E-state index contributed by atoms with van der Waals surface area (Å²) in [5, 5.41) is 3.11. The largest absolute Gasteiger partial charge is 0.412 e. The molecule has 6 nitrogen and oxygen atoms in total. The molecule has 0 saturated carbocycles. The molecule has 15 heavy (non-hydrogen) atoms. The van der Waals surface area contributed by atoms with Crippen molar-refractivity contribution in [2.45, 2.75) is 19.3 Å². The summed E-state index contributed by atoms with van der Waals surface area (Å²) in [6.07, 6.45) is 3.21. The summed E-state index contributed by atoms with van der Waals surface area (Å²) in [6.45, 7) is -1.61. The zero-order valence-electron chi connectivity index (χ0n) is 8.69. The number of hydrogen-bond acceptors (Lipinski definition) is 4. The molecule has 0 spiro atoms. The zero-order valence-corrected chi connectivity index (χ0v) is 10.4. The van der Waals surface area contributed by atoms with Crippen LogP contribution < -0.4 is 11.1 Å². The molecule has 0 aromatic heterocycles. The first kappa shape index (κ1) is 17.8. The molecule has 0 aliphatic heterocycles. The van der Waals surface area contributed by atoms with Crippen molar-refractivity contribution in [1.82, 2.24) is 5.32 Å². The van der Waals surface area contributed by atoms with E-state index in [0.29, 0.717) is 23.7 Å². The summed E-state index contributed by atoms with van der Waals surface area (Å²) in [7, 11) is 0. The Morgan fingerprint density at radius 3 is 2.40 bits per heavy atom. The third kappa shape index (κ3) is 17.0. The zero-order chi connectivity index (χ0) is 10.9. The molecule has 0 radical (unpaired) electrons. The molecule has 0 unspecified atom stereocenters. The van der Waals surface area contributed by atoms with Gasteiger partial charge >= 0.3 is 6.80 Å². The van der Waals surface area contributed by atoms with E-state index in [4.69, 9.17) is 15.5 Å². The summed E-state index contributed by atoms with van der Waals surface area (Å²) in [5.74, 6) is 0.446. The van der Waals surface area contributed by atoms with Crippen LogP contribution in [-0.4, -0.2) is 40.7 Å². The lowest BCUT2D eigenvalue weighted by Gasteiger charge is -2.04. The topological polar surface area (TPSA) is 127 Å². The first-order valence-corrected chi connectivity index (χ1v) is 7.87. The average Bonchev–Trinajstić information content (AvgIpc) is 2.08. The van der Waals surface area contributed by atoms with E-state index >= 15 is 0 Å². The predicted molar refractivity (Wildman–Crippen MR) is 63.9 cm³/mol. The normalized spacial score (nSPS) is 11.1. The molecule has 0 rings (SSSR count). The van der Waals surface area contributed by atoms with Gasteiger partial charge in [-0.15, -0.1) is 0 Å². The highest BCUT2D eigenvalue weighted by atomic mass is 32.7. The summed E-state index contributed by atoms with van der Waals surface area (Å²) in [6, 6.07) is 0. The number of rotatable bonds is 9. The molecule has 0 aromatic rings. The fraction of sp³-hybridized carbons (Fsp3) is 1.00. The molecule has 8 heteroatoms. The van der Waals surface area contributed by atoms with Gasteiger partial charge in [-0.05, 0) is 37.3 Å². The van der Waals surface area contributed by atoms with Gasteiger partial charge in [-0.25, -0.2) is 4.57 Å². The number of hydrogen-bond donors (Lipinski definition) is 4. The predicted octanol–water partition coefficient (Wildman–Crippen LogP) is -0.294. The molecule has 0 atom stereocenters. The first-order valence-electron chi connectivity index (χ1n) is 4.67. The van der Waals surface area contributed by atoms with Crippen molar-refractivity contribution >= 4 is 18.2 Å². The van der Waals surface area contributed by atoms with Gasteiger partial charge in [0.1, 0.15) is 0 Å².